The molecule has 1 aromatic heterocycles. The molecule has 0 spiro atoms. The minimum atomic E-state index is -0.903. The number of hydrogen-bond donors (Lipinski definition) is 2. The molecule has 0 bridgehead atoms. The number of primary amides is 1. The summed E-state index contributed by atoms with van der Waals surface area (Å²) in [6.07, 6.45) is 0. The van der Waals surface area contributed by atoms with Gasteiger partial charge in [-0.15, -0.1) is 0 Å². The lowest BCUT2D eigenvalue weighted by Crippen LogP contribution is -2.36. The van der Waals surface area contributed by atoms with E-state index in [2.05, 4.69) is 0 Å². The number of urea groups is 1. The monoisotopic (exact) mass is 343 g/mol. The van der Waals surface area contributed by atoms with Crippen LogP contribution in [0.5, 0.6) is 5.75 Å². The van der Waals surface area contributed by atoms with Gasteiger partial charge in [0.2, 0.25) is 0 Å². The van der Waals surface area contributed by atoms with Crippen molar-refractivity contribution in [2.45, 2.75) is 0 Å². The van der Waals surface area contributed by atoms with E-state index < -0.39 is 11.6 Å². The largest absolute Gasteiger partial charge is 0.505 e. The third kappa shape index (κ3) is 2.47. The fraction of sp³-hybridized carbons (Fsp3) is 0.0588. The van der Waals surface area contributed by atoms with Gasteiger partial charge in [0.15, 0.2) is 11.4 Å². The van der Waals surface area contributed by atoms with Gasteiger partial charge in [0.1, 0.15) is 0 Å². The van der Waals surface area contributed by atoms with Crippen molar-refractivity contribution in [3.8, 4) is 5.75 Å². The average Bonchev–Trinajstić information content (AvgIpc) is 2.56. The van der Waals surface area contributed by atoms with E-state index in [4.69, 9.17) is 17.3 Å². The summed E-state index contributed by atoms with van der Waals surface area (Å²) >= 11 is 5.96. The number of aromatic hydroxyl groups is 1. The number of aryl methyl sites for hydroxylation is 1. The average molecular weight is 344 g/mol. The number of fused-ring (bicyclic) bond motifs is 1. The number of rotatable bonds is 2. The minimum absolute atomic E-state index is 0.217. The summed E-state index contributed by atoms with van der Waals surface area (Å²) in [5.41, 5.74) is 5.53. The third-order valence-corrected chi connectivity index (χ3v) is 4.00. The van der Waals surface area contributed by atoms with Gasteiger partial charge in [-0.3, -0.25) is 9.69 Å². The SMILES string of the molecule is Cn1c(=O)c(N(C(N)=O)c2cccc(Cl)c2)c(O)c2ccccc21. The molecule has 3 N–H and O–H groups in total. The first-order valence-electron chi connectivity index (χ1n) is 7.07. The van der Waals surface area contributed by atoms with E-state index in [1.54, 1.807) is 49.5 Å². The van der Waals surface area contributed by atoms with Gasteiger partial charge in [-0.1, -0.05) is 29.8 Å². The molecular weight excluding hydrogens is 330 g/mol. The highest BCUT2D eigenvalue weighted by molar-refractivity contribution is 6.31. The Morgan fingerprint density at radius 2 is 1.92 bits per heavy atom. The number of amides is 2. The van der Waals surface area contributed by atoms with Crippen LogP contribution in [0.2, 0.25) is 5.02 Å². The number of nitrogens with two attached hydrogens (primary N) is 1. The lowest BCUT2D eigenvalue weighted by Gasteiger charge is -2.22. The Kier molecular flexibility index (Phi) is 3.91. The molecule has 0 aliphatic heterocycles. The highest BCUT2D eigenvalue weighted by atomic mass is 35.5. The highest BCUT2D eigenvalue weighted by Crippen LogP contribution is 2.35. The number of carbonyl (C=O) groups excluding carboxylic acids is 1. The molecular formula is C17H14ClN3O3. The Morgan fingerprint density at radius 1 is 1.21 bits per heavy atom. The molecule has 0 unspecified atom stereocenters. The topological polar surface area (TPSA) is 88.6 Å². The van der Waals surface area contributed by atoms with Crippen LogP contribution in [0.3, 0.4) is 0 Å². The molecule has 6 nitrogen and oxygen atoms in total. The van der Waals surface area contributed by atoms with Gasteiger partial charge < -0.3 is 15.4 Å². The minimum Gasteiger partial charge on any atom is -0.505 e. The molecule has 0 fully saturated rings. The van der Waals surface area contributed by atoms with Crippen molar-refractivity contribution in [2.24, 2.45) is 12.8 Å². The second kappa shape index (κ2) is 5.90. The fourth-order valence-electron chi connectivity index (χ4n) is 2.65. The van der Waals surface area contributed by atoms with Crippen molar-refractivity contribution in [1.29, 1.82) is 0 Å². The number of para-hydroxylation sites is 1. The van der Waals surface area contributed by atoms with E-state index in [9.17, 15) is 14.7 Å². The van der Waals surface area contributed by atoms with E-state index in [0.29, 0.717) is 15.9 Å². The van der Waals surface area contributed by atoms with E-state index >= 15 is 0 Å². The molecule has 0 saturated heterocycles. The summed E-state index contributed by atoms with van der Waals surface area (Å²) in [7, 11) is 1.56. The number of aromatic nitrogens is 1. The van der Waals surface area contributed by atoms with Crippen LogP contribution in [0.25, 0.3) is 10.9 Å². The molecule has 3 aromatic rings. The first-order chi connectivity index (χ1) is 11.4. The number of benzene rings is 2. The highest BCUT2D eigenvalue weighted by Gasteiger charge is 2.25. The van der Waals surface area contributed by atoms with Crippen molar-refractivity contribution in [3.63, 3.8) is 0 Å². The molecule has 122 valence electrons. The summed E-state index contributed by atoms with van der Waals surface area (Å²) < 4.78 is 1.35. The van der Waals surface area contributed by atoms with Crippen molar-refractivity contribution in [3.05, 3.63) is 63.9 Å². The first-order valence-corrected chi connectivity index (χ1v) is 7.45. The quantitative estimate of drug-likeness (QED) is 0.749. The molecule has 0 aliphatic carbocycles. The van der Waals surface area contributed by atoms with Crippen molar-refractivity contribution in [1.82, 2.24) is 4.57 Å². The first kappa shape index (κ1) is 15.9. The van der Waals surface area contributed by atoms with E-state index in [-0.39, 0.29) is 17.1 Å². The Bertz CT molecular complexity index is 1010. The standard InChI is InChI=1S/C17H14ClN3O3/c1-20-13-8-3-2-7-12(13)15(22)14(16(20)23)21(17(19)24)11-6-4-5-10(18)9-11/h2-9,22H,1H3,(H2,19,24). The van der Waals surface area contributed by atoms with Gasteiger partial charge >= 0.3 is 6.03 Å². The van der Waals surface area contributed by atoms with Crippen molar-refractivity contribution >= 4 is 39.9 Å². The lowest BCUT2D eigenvalue weighted by molar-refractivity contribution is 0.256. The van der Waals surface area contributed by atoms with Gasteiger partial charge in [-0.2, -0.15) is 0 Å². The second-order valence-electron chi connectivity index (χ2n) is 5.23. The summed E-state index contributed by atoms with van der Waals surface area (Å²) in [4.78, 5) is 25.7. The molecule has 0 radical (unpaired) electrons. The van der Waals surface area contributed by atoms with Crippen LogP contribution in [0, 0.1) is 0 Å². The zero-order valence-corrected chi connectivity index (χ0v) is 13.5. The zero-order chi connectivity index (χ0) is 17.4. The maximum Gasteiger partial charge on any atom is 0.324 e. The van der Waals surface area contributed by atoms with Crippen LogP contribution in [-0.4, -0.2) is 15.7 Å². The Hall–Kier alpha value is -2.99. The molecule has 24 heavy (non-hydrogen) atoms. The molecule has 0 aliphatic rings. The van der Waals surface area contributed by atoms with Crippen LogP contribution in [0.15, 0.2) is 53.3 Å². The van der Waals surface area contributed by atoms with Gasteiger partial charge in [-0.25, -0.2) is 4.79 Å². The van der Waals surface area contributed by atoms with E-state index in [1.807, 2.05) is 0 Å². The third-order valence-electron chi connectivity index (χ3n) is 3.76. The van der Waals surface area contributed by atoms with Crippen LogP contribution >= 0.6 is 11.6 Å². The predicted molar refractivity (Wildman–Crippen MR) is 94.0 cm³/mol. The van der Waals surface area contributed by atoms with E-state index in [0.717, 1.165) is 4.90 Å². The van der Waals surface area contributed by atoms with Crippen molar-refractivity contribution < 1.29 is 9.90 Å². The Balaban J connectivity index is 2.38. The number of halogens is 1. The molecule has 2 amide bonds. The fourth-order valence-corrected chi connectivity index (χ4v) is 2.83. The molecule has 3 rings (SSSR count). The summed E-state index contributed by atoms with van der Waals surface area (Å²) in [5, 5.41) is 11.4. The van der Waals surface area contributed by atoms with Crippen molar-refractivity contribution in [2.75, 3.05) is 4.90 Å². The second-order valence-corrected chi connectivity index (χ2v) is 5.67. The lowest BCUT2D eigenvalue weighted by atomic mass is 10.1. The van der Waals surface area contributed by atoms with E-state index in [1.165, 1.54) is 10.6 Å². The number of carbonyl (C=O) groups is 1. The molecule has 1 heterocycles. The smallest absolute Gasteiger partial charge is 0.324 e. The Labute approximate surface area is 142 Å². The molecule has 2 aromatic carbocycles. The summed E-state index contributed by atoms with van der Waals surface area (Å²) in [6.45, 7) is 0. The van der Waals surface area contributed by atoms with Gasteiger partial charge in [0, 0.05) is 17.5 Å². The number of nitrogens with zero attached hydrogens (tertiary/aromatic N) is 2. The van der Waals surface area contributed by atoms with Crippen LogP contribution < -0.4 is 16.2 Å². The Morgan fingerprint density at radius 3 is 2.58 bits per heavy atom. The molecule has 0 saturated carbocycles. The molecule has 0 atom stereocenters. The van der Waals surface area contributed by atoms with Gasteiger partial charge in [0.25, 0.3) is 5.56 Å². The normalized spacial score (nSPS) is 10.8. The number of hydrogen-bond acceptors (Lipinski definition) is 3. The number of pyridine rings is 1. The molecule has 7 heteroatoms. The van der Waals surface area contributed by atoms with Crippen LogP contribution in [0.4, 0.5) is 16.2 Å². The van der Waals surface area contributed by atoms with Gasteiger partial charge in [0.05, 0.1) is 11.2 Å². The van der Waals surface area contributed by atoms with Crippen LogP contribution in [-0.2, 0) is 7.05 Å². The zero-order valence-electron chi connectivity index (χ0n) is 12.7. The number of anilines is 2. The van der Waals surface area contributed by atoms with Gasteiger partial charge in [-0.05, 0) is 30.3 Å². The summed E-state index contributed by atoms with van der Waals surface area (Å²) in [5.74, 6) is -0.313. The predicted octanol–water partition coefficient (Wildman–Crippen LogP) is 3.11. The maximum atomic E-state index is 12.7. The maximum absolute atomic E-state index is 12.7. The summed E-state index contributed by atoms with van der Waals surface area (Å²) in [6, 6.07) is 12.2. The van der Waals surface area contributed by atoms with Crippen LogP contribution in [0.1, 0.15) is 0 Å².